The van der Waals surface area contributed by atoms with Crippen molar-refractivity contribution < 1.29 is 9.90 Å². The van der Waals surface area contributed by atoms with Crippen LogP contribution in [0.4, 0.5) is 0 Å². The molecular formula is C26H34BrN3O3. The lowest BCUT2D eigenvalue weighted by atomic mass is 9.80. The van der Waals surface area contributed by atoms with E-state index in [0.717, 1.165) is 54.2 Å². The number of aliphatic hydroxyl groups is 1. The molecule has 0 radical (unpaired) electrons. The van der Waals surface area contributed by atoms with Crippen LogP contribution in [-0.2, 0) is 24.8 Å². The minimum atomic E-state index is -0.172. The number of rotatable bonds is 8. The summed E-state index contributed by atoms with van der Waals surface area (Å²) >= 11 is 3.69. The molecule has 2 aromatic rings. The second-order valence-electron chi connectivity index (χ2n) is 9.50. The number of nitrogens with zero attached hydrogens (tertiary/aromatic N) is 2. The Hall–Kier alpha value is -1.96. The van der Waals surface area contributed by atoms with Crippen LogP contribution in [0.2, 0.25) is 0 Å². The standard InChI is InChI=1S/C26H34BrN3O3/c1-17-19(4-3-11-31)12-18(13-24(17)27)16-30(21-5-6-21)26(33)23-15-28-9-7-22(23)20-8-10-29(2)25(32)14-20/h8,10,12-14,21-23,28,31H,3-7,9,11,15-16H2,1-2H3. The number of pyridine rings is 1. The molecular weight excluding hydrogens is 482 g/mol. The lowest BCUT2D eigenvalue weighted by Gasteiger charge is -2.36. The van der Waals surface area contributed by atoms with Crippen molar-refractivity contribution in [1.82, 2.24) is 14.8 Å². The largest absolute Gasteiger partial charge is 0.396 e. The maximum absolute atomic E-state index is 13.9. The first-order valence-electron chi connectivity index (χ1n) is 12.0. The number of carbonyl (C=O) groups excluding carboxylic acids is 1. The summed E-state index contributed by atoms with van der Waals surface area (Å²) in [5, 5.41) is 12.7. The van der Waals surface area contributed by atoms with Gasteiger partial charge in [0.15, 0.2) is 0 Å². The molecule has 2 N–H and O–H groups in total. The molecule has 0 bridgehead atoms. The molecule has 1 aliphatic heterocycles. The van der Waals surface area contributed by atoms with Gasteiger partial charge in [0, 0.05) is 49.5 Å². The Morgan fingerprint density at radius 2 is 2.06 bits per heavy atom. The van der Waals surface area contributed by atoms with Crippen LogP contribution < -0.4 is 10.9 Å². The molecule has 0 spiro atoms. The van der Waals surface area contributed by atoms with Crippen molar-refractivity contribution in [1.29, 1.82) is 0 Å². The number of hydrogen-bond donors (Lipinski definition) is 2. The van der Waals surface area contributed by atoms with E-state index < -0.39 is 0 Å². The van der Waals surface area contributed by atoms with Gasteiger partial charge in [-0.15, -0.1) is 0 Å². The van der Waals surface area contributed by atoms with Crippen molar-refractivity contribution in [3.63, 3.8) is 0 Å². The first kappa shape index (κ1) is 24.2. The summed E-state index contributed by atoms with van der Waals surface area (Å²) in [7, 11) is 1.75. The molecule has 7 heteroatoms. The van der Waals surface area contributed by atoms with Gasteiger partial charge in [0.2, 0.25) is 5.91 Å². The fraction of sp³-hybridized carbons (Fsp3) is 0.538. The Morgan fingerprint density at radius 3 is 2.76 bits per heavy atom. The highest BCUT2D eigenvalue weighted by molar-refractivity contribution is 9.10. The average Bonchev–Trinajstić information content (AvgIpc) is 3.65. The van der Waals surface area contributed by atoms with Crippen LogP contribution in [0, 0.1) is 12.8 Å². The fourth-order valence-electron chi connectivity index (χ4n) is 4.91. The van der Waals surface area contributed by atoms with Gasteiger partial charge in [-0.25, -0.2) is 0 Å². The van der Waals surface area contributed by atoms with Gasteiger partial charge in [-0.3, -0.25) is 9.59 Å². The van der Waals surface area contributed by atoms with Crippen molar-refractivity contribution in [3.8, 4) is 0 Å². The molecule has 1 aliphatic carbocycles. The third-order valence-corrected chi connectivity index (χ3v) is 7.92. The number of aryl methyl sites for hydroxylation is 2. The van der Waals surface area contributed by atoms with E-state index in [-0.39, 0.29) is 29.9 Å². The molecule has 2 heterocycles. The minimum absolute atomic E-state index is 0.0313. The Balaban J connectivity index is 1.58. The Labute approximate surface area is 204 Å². The summed E-state index contributed by atoms with van der Waals surface area (Å²) in [6.45, 7) is 4.35. The second-order valence-corrected chi connectivity index (χ2v) is 10.4. The summed E-state index contributed by atoms with van der Waals surface area (Å²) in [5.74, 6) is 0.0666. The molecule has 1 amide bonds. The highest BCUT2D eigenvalue weighted by atomic mass is 79.9. The molecule has 178 valence electrons. The number of benzene rings is 1. The first-order chi connectivity index (χ1) is 15.9. The molecule has 2 atom stereocenters. The van der Waals surface area contributed by atoms with E-state index in [2.05, 4.69) is 45.2 Å². The van der Waals surface area contributed by atoms with Crippen LogP contribution in [0.15, 0.2) is 39.7 Å². The number of piperidine rings is 1. The Bertz CT molecular complexity index is 1060. The summed E-state index contributed by atoms with van der Waals surface area (Å²) in [6, 6.07) is 8.30. The molecule has 2 aliphatic rings. The third-order valence-electron chi connectivity index (χ3n) is 7.10. The lowest BCUT2D eigenvalue weighted by molar-refractivity contribution is -0.138. The highest BCUT2D eigenvalue weighted by Crippen LogP contribution is 2.36. The van der Waals surface area contributed by atoms with Crippen molar-refractivity contribution in [2.45, 2.75) is 57.5 Å². The summed E-state index contributed by atoms with van der Waals surface area (Å²) in [5.41, 5.74) is 4.47. The van der Waals surface area contributed by atoms with Crippen LogP contribution in [0.1, 0.15) is 53.9 Å². The van der Waals surface area contributed by atoms with Crippen molar-refractivity contribution >= 4 is 21.8 Å². The topological polar surface area (TPSA) is 74.6 Å². The molecule has 1 aromatic heterocycles. The van der Waals surface area contributed by atoms with E-state index in [1.807, 2.05) is 6.07 Å². The van der Waals surface area contributed by atoms with Crippen molar-refractivity contribution in [3.05, 3.63) is 67.5 Å². The lowest BCUT2D eigenvalue weighted by Crippen LogP contribution is -2.47. The summed E-state index contributed by atoms with van der Waals surface area (Å²) in [6.07, 6.45) is 6.30. The van der Waals surface area contributed by atoms with Crippen LogP contribution in [0.3, 0.4) is 0 Å². The average molecular weight is 516 g/mol. The van der Waals surface area contributed by atoms with E-state index in [1.165, 1.54) is 11.1 Å². The normalized spacial score (nSPS) is 20.6. The number of amides is 1. The monoisotopic (exact) mass is 515 g/mol. The molecule has 33 heavy (non-hydrogen) atoms. The maximum atomic E-state index is 13.9. The van der Waals surface area contributed by atoms with Gasteiger partial charge in [-0.05, 0) is 85.9 Å². The van der Waals surface area contributed by atoms with Crippen LogP contribution in [0.5, 0.6) is 0 Å². The highest BCUT2D eigenvalue weighted by Gasteiger charge is 2.40. The van der Waals surface area contributed by atoms with Gasteiger partial charge < -0.3 is 19.9 Å². The fourth-order valence-corrected chi connectivity index (χ4v) is 5.46. The molecule has 6 nitrogen and oxygen atoms in total. The molecule has 1 aromatic carbocycles. The molecule has 2 fully saturated rings. The number of aromatic nitrogens is 1. The third kappa shape index (κ3) is 5.58. The molecule has 1 saturated heterocycles. The zero-order valence-electron chi connectivity index (χ0n) is 19.5. The second kappa shape index (κ2) is 10.5. The van der Waals surface area contributed by atoms with Gasteiger partial charge in [0.1, 0.15) is 0 Å². The number of hydrogen-bond acceptors (Lipinski definition) is 4. The van der Waals surface area contributed by atoms with Crippen LogP contribution >= 0.6 is 15.9 Å². The predicted molar refractivity (Wildman–Crippen MR) is 133 cm³/mol. The number of aliphatic hydroxyl groups excluding tert-OH is 1. The van der Waals surface area contributed by atoms with Gasteiger partial charge in [-0.2, -0.15) is 0 Å². The zero-order chi connectivity index (χ0) is 23.5. The van der Waals surface area contributed by atoms with Gasteiger partial charge in [0.05, 0.1) is 5.92 Å². The predicted octanol–water partition coefficient (Wildman–Crippen LogP) is 3.27. The number of nitrogens with one attached hydrogen (secondary N) is 1. The summed E-state index contributed by atoms with van der Waals surface area (Å²) < 4.78 is 2.62. The Morgan fingerprint density at radius 1 is 1.27 bits per heavy atom. The van der Waals surface area contributed by atoms with Gasteiger partial charge in [0.25, 0.3) is 5.56 Å². The molecule has 1 saturated carbocycles. The smallest absolute Gasteiger partial charge is 0.250 e. The van der Waals surface area contributed by atoms with Crippen LogP contribution in [0.25, 0.3) is 0 Å². The van der Waals surface area contributed by atoms with E-state index in [1.54, 1.807) is 23.9 Å². The molecule has 2 unspecified atom stereocenters. The van der Waals surface area contributed by atoms with Gasteiger partial charge >= 0.3 is 0 Å². The zero-order valence-corrected chi connectivity index (χ0v) is 21.1. The van der Waals surface area contributed by atoms with E-state index >= 15 is 0 Å². The van der Waals surface area contributed by atoms with Crippen LogP contribution in [-0.4, -0.2) is 46.2 Å². The van der Waals surface area contributed by atoms with E-state index in [0.29, 0.717) is 19.1 Å². The summed E-state index contributed by atoms with van der Waals surface area (Å²) in [4.78, 5) is 28.2. The van der Waals surface area contributed by atoms with Crippen molar-refractivity contribution in [2.24, 2.45) is 13.0 Å². The van der Waals surface area contributed by atoms with Crippen molar-refractivity contribution in [2.75, 3.05) is 19.7 Å². The van der Waals surface area contributed by atoms with Gasteiger partial charge in [-0.1, -0.05) is 22.0 Å². The van der Waals surface area contributed by atoms with E-state index in [4.69, 9.17) is 0 Å². The number of carbonyl (C=O) groups is 1. The minimum Gasteiger partial charge on any atom is -0.396 e. The Kier molecular flexibility index (Phi) is 7.72. The quantitative estimate of drug-likeness (QED) is 0.565. The SMILES string of the molecule is Cc1c(Br)cc(CN(C(=O)C2CNCCC2c2ccn(C)c(=O)c2)C2CC2)cc1CCCO. The number of halogens is 1. The van der Waals surface area contributed by atoms with E-state index in [9.17, 15) is 14.7 Å². The first-order valence-corrected chi connectivity index (χ1v) is 12.7. The molecule has 4 rings (SSSR count). The maximum Gasteiger partial charge on any atom is 0.250 e.